The zero-order valence-corrected chi connectivity index (χ0v) is 24.8. The van der Waals surface area contributed by atoms with Gasteiger partial charge in [-0.1, -0.05) is 31.5 Å². The van der Waals surface area contributed by atoms with Gasteiger partial charge in [-0.15, -0.1) is 0 Å². The molecule has 2 aromatic carbocycles. The van der Waals surface area contributed by atoms with Gasteiger partial charge in [-0.05, 0) is 69.8 Å². The summed E-state index contributed by atoms with van der Waals surface area (Å²) < 4.78 is 14.9. The fraction of sp³-hybridized carbons (Fsp3) is 0.375. The van der Waals surface area contributed by atoms with E-state index in [0.29, 0.717) is 17.7 Å². The molecule has 1 aromatic heterocycles. The smallest absolute Gasteiger partial charge is 0.197 e. The first-order chi connectivity index (χ1) is 14.2. The summed E-state index contributed by atoms with van der Waals surface area (Å²) in [5, 5.41) is 0.891. The third-order valence-electron chi connectivity index (χ3n) is 4.92. The van der Waals surface area contributed by atoms with Gasteiger partial charge in [0.05, 0.1) is 33.8 Å². The molecule has 1 heterocycles. The lowest BCUT2D eigenvalue weighted by atomic mass is 9.98. The maximum absolute atomic E-state index is 13.6. The van der Waals surface area contributed by atoms with Crippen LogP contribution in [0.25, 0.3) is 11.0 Å². The van der Waals surface area contributed by atoms with Crippen LogP contribution in [0.4, 0.5) is 0 Å². The number of unbranched alkanes of at least 4 members (excludes halogenated alkanes) is 1. The Labute approximate surface area is 229 Å². The van der Waals surface area contributed by atoms with E-state index in [1.807, 2.05) is 36.4 Å². The van der Waals surface area contributed by atoms with Gasteiger partial charge in [0.1, 0.15) is 30.2 Å². The fourth-order valence-electron chi connectivity index (χ4n) is 3.25. The highest BCUT2D eigenvalue weighted by molar-refractivity contribution is 14.1. The summed E-state index contributed by atoms with van der Waals surface area (Å²) >= 11 is 4.52. The van der Waals surface area contributed by atoms with Gasteiger partial charge >= 0.3 is 0 Å². The molecule has 0 saturated heterocycles. The number of para-hydroxylation sites is 1. The minimum absolute atomic E-state index is 0. The van der Waals surface area contributed by atoms with E-state index in [9.17, 15) is 4.79 Å². The standard InChI is InChI=1S/C24H28I2NO3.HI/c1-5-6-10-21-22(17-9-7-8-11-20(17)30-21)23(28)16-14-18(25)24(19(26)15-16)29-13-12-27(2,3)4;/h7-9,11,14-15H,5-6,10,12-13H2,1-4H3;1H/q+1;/p-1. The number of ether oxygens (including phenoxy) is 1. The second-order valence-corrected chi connectivity index (χ2v) is 10.8. The van der Waals surface area contributed by atoms with Gasteiger partial charge in [-0.2, -0.15) is 0 Å². The number of likely N-dealkylation sites (N-methyl/N-ethyl adjacent to an activating group) is 1. The summed E-state index contributed by atoms with van der Waals surface area (Å²) in [4.78, 5) is 13.6. The van der Waals surface area contributed by atoms with Crippen LogP contribution in [-0.2, 0) is 6.42 Å². The monoisotopic (exact) mass is 759 g/mol. The Hall–Kier alpha value is -0.400. The lowest BCUT2D eigenvalue weighted by Crippen LogP contribution is -3.00. The van der Waals surface area contributed by atoms with Crippen molar-refractivity contribution >= 4 is 61.9 Å². The van der Waals surface area contributed by atoms with Crippen LogP contribution in [0, 0.1) is 7.14 Å². The molecule has 0 fully saturated rings. The van der Waals surface area contributed by atoms with E-state index in [-0.39, 0.29) is 29.8 Å². The maximum atomic E-state index is 13.6. The van der Waals surface area contributed by atoms with Gasteiger partial charge < -0.3 is 37.6 Å². The first-order valence-corrected chi connectivity index (χ1v) is 12.3. The van der Waals surface area contributed by atoms with Crippen molar-refractivity contribution in [2.24, 2.45) is 0 Å². The molecule has 7 heteroatoms. The molecule has 0 unspecified atom stereocenters. The second kappa shape index (κ2) is 11.6. The van der Waals surface area contributed by atoms with Crippen LogP contribution in [0.5, 0.6) is 5.75 Å². The third-order valence-corrected chi connectivity index (χ3v) is 6.52. The van der Waals surface area contributed by atoms with Crippen LogP contribution in [-0.4, -0.2) is 44.6 Å². The van der Waals surface area contributed by atoms with Crippen LogP contribution in [0.2, 0.25) is 0 Å². The molecule has 168 valence electrons. The van der Waals surface area contributed by atoms with E-state index in [1.165, 1.54) is 0 Å². The highest BCUT2D eigenvalue weighted by Crippen LogP contribution is 2.33. The minimum atomic E-state index is 0. The average Bonchev–Trinajstić information content (AvgIpc) is 3.05. The molecule has 0 radical (unpaired) electrons. The lowest BCUT2D eigenvalue weighted by Gasteiger charge is -2.24. The predicted octanol–water partition coefficient (Wildman–Crippen LogP) is 3.30. The fourth-order valence-corrected chi connectivity index (χ4v) is 5.33. The molecule has 3 rings (SSSR count). The van der Waals surface area contributed by atoms with Gasteiger partial charge in [-0.3, -0.25) is 4.79 Å². The van der Waals surface area contributed by atoms with E-state index in [4.69, 9.17) is 9.15 Å². The molecule has 4 nitrogen and oxygen atoms in total. The van der Waals surface area contributed by atoms with Crippen LogP contribution in [0.3, 0.4) is 0 Å². The molecule has 0 amide bonds. The Bertz CT molecular complexity index is 1030. The van der Waals surface area contributed by atoms with Gasteiger partial charge in [-0.25, -0.2) is 0 Å². The minimum Gasteiger partial charge on any atom is -1.00 e. The SMILES string of the molecule is CCCCc1oc2ccccc2c1C(=O)c1cc(I)c(OCC[N+](C)(C)C)c(I)c1.[I-]. The number of hydrogen-bond donors (Lipinski definition) is 0. The van der Waals surface area contributed by atoms with E-state index in [1.54, 1.807) is 0 Å². The van der Waals surface area contributed by atoms with E-state index >= 15 is 0 Å². The number of fused-ring (bicyclic) bond motifs is 1. The Morgan fingerprint density at radius 3 is 2.35 bits per heavy atom. The number of halogens is 3. The number of aryl methyl sites for hydroxylation is 1. The van der Waals surface area contributed by atoms with Crippen LogP contribution < -0.4 is 28.7 Å². The van der Waals surface area contributed by atoms with Crippen molar-refractivity contribution in [3.8, 4) is 5.75 Å². The molecule has 0 atom stereocenters. The second-order valence-electron chi connectivity index (χ2n) is 8.46. The zero-order chi connectivity index (χ0) is 21.9. The molecular weight excluding hydrogens is 731 g/mol. The van der Waals surface area contributed by atoms with Crippen molar-refractivity contribution in [2.75, 3.05) is 34.3 Å². The van der Waals surface area contributed by atoms with Crippen molar-refractivity contribution in [3.05, 3.63) is 60.4 Å². The summed E-state index contributed by atoms with van der Waals surface area (Å²) in [5.74, 6) is 1.65. The third kappa shape index (κ3) is 6.80. The number of quaternary nitrogens is 1. The van der Waals surface area contributed by atoms with Crippen molar-refractivity contribution < 1.29 is 42.4 Å². The molecule has 0 aliphatic carbocycles. The van der Waals surface area contributed by atoms with Crippen LogP contribution in [0.1, 0.15) is 41.4 Å². The van der Waals surface area contributed by atoms with Gasteiger partial charge in [0.15, 0.2) is 5.78 Å². The number of ketones is 1. The number of furan rings is 1. The zero-order valence-electron chi connectivity index (χ0n) is 18.3. The highest BCUT2D eigenvalue weighted by atomic mass is 127. The largest absolute Gasteiger partial charge is 1.00 e. The molecule has 0 bridgehead atoms. The van der Waals surface area contributed by atoms with Crippen molar-refractivity contribution in [1.29, 1.82) is 0 Å². The number of carbonyl (C=O) groups excluding carboxylic acids is 1. The Morgan fingerprint density at radius 2 is 1.74 bits per heavy atom. The normalized spacial score (nSPS) is 11.4. The van der Waals surface area contributed by atoms with Crippen LogP contribution >= 0.6 is 45.2 Å². The molecular formula is C24H28I3NO3. The van der Waals surface area contributed by atoms with Crippen molar-refractivity contribution in [2.45, 2.75) is 26.2 Å². The molecule has 0 aliphatic heterocycles. The molecule has 0 aliphatic rings. The van der Waals surface area contributed by atoms with Gasteiger partial charge in [0, 0.05) is 17.4 Å². The summed E-state index contributed by atoms with van der Waals surface area (Å²) in [7, 11) is 6.44. The first kappa shape index (κ1) is 26.8. The van der Waals surface area contributed by atoms with Crippen LogP contribution in [0.15, 0.2) is 40.8 Å². The first-order valence-electron chi connectivity index (χ1n) is 10.2. The number of nitrogens with zero attached hydrogens (tertiary/aromatic N) is 1. The number of benzene rings is 2. The Morgan fingerprint density at radius 1 is 1.10 bits per heavy atom. The van der Waals surface area contributed by atoms with E-state index in [2.05, 4.69) is 73.2 Å². The molecule has 0 N–H and O–H groups in total. The predicted molar refractivity (Wildman–Crippen MR) is 139 cm³/mol. The van der Waals surface area contributed by atoms with E-state index < -0.39 is 0 Å². The molecule has 31 heavy (non-hydrogen) atoms. The Balaban J connectivity index is 0.00000341. The number of rotatable bonds is 9. The average molecular weight is 759 g/mol. The topological polar surface area (TPSA) is 39.4 Å². The molecule has 0 saturated carbocycles. The number of hydrogen-bond acceptors (Lipinski definition) is 3. The Kier molecular flexibility index (Phi) is 10.1. The van der Waals surface area contributed by atoms with Crippen molar-refractivity contribution in [1.82, 2.24) is 0 Å². The number of carbonyl (C=O) groups is 1. The summed E-state index contributed by atoms with van der Waals surface area (Å²) in [5.41, 5.74) is 2.15. The highest BCUT2D eigenvalue weighted by Gasteiger charge is 2.23. The van der Waals surface area contributed by atoms with Crippen molar-refractivity contribution in [3.63, 3.8) is 0 Å². The molecule has 3 aromatic rings. The summed E-state index contributed by atoms with van der Waals surface area (Å²) in [6.07, 6.45) is 2.82. The lowest BCUT2D eigenvalue weighted by molar-refractivity contribution is -0.870. The summed E-state index contributed by atoms with van der Waals surface area (Å²) in [6.45, 7) is 3.69. The maximum Gasteiger partial charge on any atom is 0.197 e. The quantitative estimate of drug-likeness (QED) is 0.191. The molecule has 0 spiro atoms. The van der Waals surface area contributed by atoms with Gasteiger partial charge in [0.2, 0.25) is 0 Å². The van der Waals surface area contributed by atoms with E-state index in [0.717, 1.165) is 59.9 Å². The summed E-state index contributed by atoms with van der Waals surface area (Å²) in [6, 6.07) is 11.7. The van der Waals surface area contributed by atoms with Gasteiger partial charge in [0.25, 0.3) is 0 Å².